The number of hydrogen-bond donors (Lipinski definition) is 2. The normalized spacial score (nSPS) is 32.7. The van der Waals surface area contributed by atoms with Crippen LogP contribution in [0.1, 0.15) is 37.0 Å². The predicted molar refractivity (Wildman–Crippen MR) is 82.2 cm³/mol. The zero-order valence-corrected chi connectivity index (χ0v) is 13.0. The molecule has 0 bridgehead atoms. The molecule has 3 atom stereocenters. The number of rotatable bonds is 3. The Morgan fingerprint density at radius 3 is 3.05 bits per heavy atom. The fraction of sp³-hybridized carbons (Fsp3) is 0.688. The lowest BCUT2D eigenvalue weighted by Crippen LogP contribution is -2.69. The van der Waals surface area contributed by atoms with Crippen LogP contribution in [0.2, 0.25) is 0 Å². The summed E-state index contributed by atoms with van der Waals surface area (Å²) < 4.78 is 5.95. The Hall–Kier alpha value is -1.07. The molecule has 114 valence electrons. The van der Waals surface area contributed by atoms with Crippen LogP contribution in [-0.4, -0.2) is 24.8 Å². The molecule has 1 aromatic heterocycles. The van der Waals surface area contributed by atoms with Crippen molar-refractivity contribution in [2.45, 2.75) is 50.8 Å². The van der Waals surface area contributed by atoms with Crippen LogP contribution in [0.5, 0.6) is 0 Å². The average Bonchev–Trinajstić information content (AvgIpc) is 3.22. The van der Waals surface area contributed by atoms with Crippen molar-refractivity contribution in [3.05, 3.63) is 22.4 Å². The van der Waals surface area contributed by atoms with Gasteiger partial charge < -0.3 is 15.4 Å². The first-order valence-electron chi connectivity index (χ1n) is 7.98. The first kappa shape index (κ1) is 13.6. The van der Waals surface area contributed by atoms with Gasteiger partial charge in [-0.3, -0.25) is 0 Å². The lowest BCUT2D eigenvalue weighted by Gasteiger charge is -2.56. The second-order valence-corrected chi connectivity index (χ2v) is 7.60. The molecule has 0 unspecified atom stereocenters. The Morgan fingerprint density at radius 2 is 2.29 bits per heavy atom. The molecule has 1 aromatic rings. The lowest BCUT2D eigenvalue weighted by molar-refractivity contribution is -0.126. The second kappa shape index (κ2) is 5.29. The number of carbonyl (C=O) groups is 1. The van der Waals surface area contributed by atoms with Crippen LogP contribution < -0.4 is 10.6 Å². The van der Waals surface area contributed by atoms with Crippen LogP contribution in [0, 0.1) is 11.3 Å². The summed E-state index contributed by atoms with van der Waals surface area (Å²) in [6.07, 6.45) is 6.49. The van der Waals surface area contributed by atoms with Crippen LogP contribution >= 0.6 is 11.3 Å². The van der Waals surface area contributed by atoms with Gasteiger partial charge in [-0.1, -0.05) is 18.9 Å². The van der Waals surface area contributed by atoms with Gasteiger partial charge in [0.25, 0.3) is 0 Å². The maximum absolute atomic E-state index is 12.2. The Balaban J connectivity index is 1.38. The molecule has 2 saturated carbocycles. The number of urea groups is 1. The molecule has 2 heterocycles. The molecule has 3 fully saturated rings. The van der Waals surface area contributed by atoms with Gasteiger partial charge in [0.15, 0.2) is 0 Å². The van der Waals surface area contributed by atoms with Crippen LogP contribution in [0.15, 0.2) is 17.5 Å². The van der Waals surface area contributed by atoms with Gasteiger partial charge in [-0.15, -0.1) is 11.3 Å². The number of fused-ring (bicyclic) bond motifs is 2. The molecule has 2 N–H and O–H groups in total. The van der Waals surface area contributed by atoms with E-state index >= 15 is 0 Å². The van der Waals surface area contributed by atoms with Crippen LogP contribution in [0.4, 0.5) is 4.79 Å². The van der Waals surface area contributed by atoms with E-state index in [-0.39, 0.29) is 11.4 Å². The minimum Gasteiger partial charge on any atom is -0.377 e. The average molecular weight is 306 g/mol. The second-order valence-electron chi connectivity index (χ2n) is 6.57. The summed E-state index contributed by atoms with van der Waals surface area (Å²) in [5.74, 6) is 0.538. The molecular weight excluding hydrogens is 284 g/mol. The van der Waals surface area contributed by atoms with E-state index in [2.05, 4.69) is 10.6 Å². The molecule has 1 spiro atoms. The molecule has 21 heavy (non-hydrogen) atoms. The van der Waals surface area contributed by atoms with Gasteiger partial charge in [-0.2, -0.15) is 0 Å². The van der Waals surface area contributed by atoms with Crippen molar-refractivity contribution >= 4 is 17.4 Å². The van der Waals surface area contributed by atoms with Crippen molar-refractivity contribution in [3.8, 4) is 0 Å². The van der Waals surface area contributed by atoms with E-state index < -0.39 is 0 Å². The van der Waals surface area contributed by atoms with Crippen molar-refractivity contribution < 1.29 is 9.53 Å². The van der Waals surface area contributed by atoms with Gasteiger partial charge in [0.05, 0.1) is 12.6 Å². The molecular formula is C16H22N2O2S. The summed E-state index contributed by atoms with van der Waals surface area (Å²) in [5, 5.41) is 8.28. The maximum atomic E-state index is 12.2. The summed E-state index contributed by atoms with van der Waals surface area (Å²) in [5.41, 5.74) is 0.238. The van der Waals surface area contributed by atoms with E-state index in [1.54, 1.807) is 11.3 Å². The number of carbonyl (C=O) groups excluding carboxylic acids is 1. The third-order valence-corrected chi connectivity index (χ3v) is 6.45. The first-order chi connectivity index (χ1) is 10.3. The van der Waals surface area contributed by atoms with Crippen molar-refractivity contribution in [1.29, 1.82) is 0 Å². The fourth-order valence-electron chi connectivity index (χ4n) is 4.68. The zero-order valence-electron chi connectivity index (χ0n) is 12.1. The molecule has 4 nitrogen and oxygen atoms in total. The minimum atomic E-state index is -0.0231. The summed E-state index contributed by atoms with van der Waals surface area (Å²) >= 11 is 1.68. The smallest absolute Gasteiger partial charge is 0.315 e. The van der Waals surface area contributed by atoms with Gasteiger partial charge in [0, 0.05) is 28.9 Å². The molecule has 5 heteroatoms. The van der Waals surface area contributed by atoms with E-state index in [4.69, 9.17) is 4.74 Å². The van der Waals surface area contributed by atoms with Gasteiger partial charge in [-0.25, -0.2) is 4.79 Å². The quantitative estimate of drug-likeness (QED) is 0.902. The molecule has 0 radical (unpaired) electrons. The van der Waals surface area contributed by atoms with Gasteiger partial charge >= 0.3 is 6.03 Å². The SMILES string of the molecule is O=C(NCc1cccs1)N[C@@H]1[C@H]2CCO[C@H]2C12CCCC2. The lowest BCUT2D eigenvalue weighted by atomic mass is 9.54. The van der Waals surface area contributed by atoms with Crippen molar-refractivity contribution in [2.24, 2.45) is 11.3 Å². The molecule has 3 aliphatic rings. The molecule has 0 aromatic carbocycles. The highest BCUT2D eigenvalue weighted by Gasteiger charge is 2.65. The summed E-state index contributed by atoms with van der Waals surface area (Å²) in [6, 6.07) is 4.36. The largest absolute Gasteiger partial charge is 0.377 e. The van der Waals surface area contributed by atoms with E-state index in [1.807, 2.05) is 17.5 Å². The highest BCUT2D eigenvalue weighted by atomic mass is 32.1. The zero-order chi connectivity index (χ0) is 14.3. The van der Waals surface area contributed by atoms with Crippen molar-refractivity contribution in [2.75, 3.05) is 6.61 Å². The van der Waals surface area contributed by atoms with Crippen LogP contribution in [0.3, 0.4) is 0 Å². The summed E-state index contributed by atoms with van der Waals surface area (Å²) in [7, 11) is 0. The number of thiophene rings is 1. The molecule has 1 aliphatic heterocycles. The third-order valence-electron chi connectivity index (χ3n) is 5.58. The molecule has 2 aliphatic carbocycles. The van der Waals surface area contributed by atoms with Crippen molar-refractivity contribution in [3.63, 3.8) is 0 Å². The van der Waals surface area contributed by atoms with Crippen molar-refractivity contribution in [1.82, 2.24) is 10.6 Å². The third kappa shape index (κ3) is 2.18. The first-order valence-corrected chi connectivity index (χ1v) is 8.86. The van der Waals surface area contributed by atoms with Gasteiger partial charge in [0.2, 0.25) is 0 Å². The van der Waals surface area contributed by atoms with Crippen LogP contribution in [0.25, 0.3) is 0 Å². The van der Waals surface area contributed by atoms with E-state index in [0.29, 0.717) is 24.6 Å². The highest BCUT2D eigenvalue weighted by molar-refractivity contribution is 7.09. The summed E-state index contributed by atoms with van der Waals surface area (Å²) in [6.45, 7) is 1.49. The topological polar surface area (TPSA) is 50.4 Å². The number of ether oxygens (including phenoxy) is 1. The maximum Gasteiger partial charge on any atom is 0.315 e. The van der Waals surface area contributed by atoms with Gasteiger partial charge in [0.1, 0.15) is 0 Å². The molecule has 4 rings (SSSR count). The minimum absolute atomic E-state index is 0.0231. The number of hydrogen-bond acceptors (Lipinski definition) is 3. The Bertz CT molecular complexity index is 510. The standard InChI is InChI=1S/C16H22N2O2S/c19-15(17-10-11-4-3-9-21-11)18-13-12-5-8-20-14(12)16(13)6-1-2-7-16/h3-4,9,12-14H,1-2,5-8,10H2,(H2,17,18,19)/t12-,13-,14-/m1/s1. The Labute approximate surface area is 129 Å². The highest BCUT2D eigenvalue weighted by Crippen LogP contribution is 2.60. The number of amides is 2. The molecule has 1 saturated heterocycles. The van der Waals surface area contributed by atoms with E-state index in [9.17, 15) is 4.79 Å². The summed E-state index contributed by atoms with van der Waals surface area (Å²) in [4.78, 5) is 13.4. The fourth-order valence-corrected chi connectivity index (χ4v) is 5.32. The van der Waals surface area contributed by atoms with Gasteiger partial charge in [-0.05, 0) is 30.7 Å². The number of nitrogens with one attached hydrogen (secondary N) is 2. The van der Waals surface area contributed by atoms with E-state index in [0.717, 1.165) is 13.0 Å². The predicted octanol–water partition coefficient (Wildman–Crippen LogP) is 2.90. The monoisotopic (exact) mass is 306 g/mol. The Morgan fingerprint density at radius 1 is 1.43 bits per heavy atom. The van der Waals surface area contributed by atoms with E-state index in [1.165, 1.54) is 30.6 Å². The molecule has 2 amide bonds. The van der Waals surface area contributed by atoms with Crippen LogP contribution in [-0.2, 0) is 11.3 Å². The Kier molecular flexibility index (Phi) is 3.42.